The molecule has 0 aliphatic carbocycles. The van der Waals surface area contributed by atoms with Crippen LogP contribution in [0.3, 0.4) is 0 Å². The number of halogens is 3. The highest BCUT2D eigenvalue weighted by molar-refractivity contribution is 5.77. The highest BCUT2D eigenvalue weighted by Gasteiger charge is 2.42. The molecule has 1 fully saturated rings. The van der Waals surface area contributed by atoms with E-state index in [0.717, 1.165) is 5.56 Å². The first-order valence-electron chi connectivity index (χ1n) is 7.06. The molecule has 0 spiro atoms. The molecule has 1 heterocycles. The standard InChI is InChI=1S/C15H20F3N3/c16-15(17,18)12-6-8-21(9-7-12)13(10-14(19)20)11-4-2-1-3-5-11/h1-5,12-13H,6-10H2,(H3,19,20). The first-order valence-corrected chi connectivity index (χ1v) is 7.06. The van der Waals surface area contributed by atoms with Gasteiger partial charge in [0.05, 0.1) is 11.8 Å². The van der Waals surface area contributed by atoms with Crippen molar-refractivity contribution in [3.63, 3.8) is 0 Å². The number of nitrogens with one attached hydrogen (secondary N) is 1. The van der Waals surface area contributed by atoms with Gasteiger partial charge in [-0.2, -0.15) is 13.2 Å². The molecule has 3 nitrogen and oxygen atoms in total. The SMILES string of the molecule is N=C(N)CC(c1ccccc1)N1CCC(C(F)(F)F)CC1. The van der Waals surface area contributed by atoms with Crippen molar-refractivity contribution in [2.75, 3.05) is 13.1 Å². The van der Waals surface area contributed by atoms with Crippen LogP contribution in [0.15, 0.2) is 30.3 Å². The highest BCUT2D eigenvalue weighted by Crippen LogP contribution is 2.37. The smallest absolute Gasteiger partial charge is 0.388 e. The van der Waals surface area contributed by atoms with Gasteiger partial charge in [0, 0.05) is 12.5 Å². The van der Waals surface area contributed by atoms with E-state index < -0.39 is 12.1 Å². The van der Waals surface area contributed by atoms with E-state index in [4.69, 9.17) is 11.1 Å². The molecule has 1 saturated heterocycles. The van der Waals surface area contributed by atoms with Gasteiger partial charge >= 0.3 is 6.18 Å². The van der Waals surface area contributed by atoms with Crippen molar-refractivity contribution in [1.82, 2.24) is 4.90 Å². The normalized spacial score (nSPS) is 19.4. The molecule has 116 valence electrons. The van der Waals surface area contributed by atoms with Gasteiger partial charge in [0.15, 0.2) is 0 Å². The zero-order chi connectivity index (χ0) is 15.5. The van der Waals surface area contributed by atoms with E-state index in [-0.39, 0.29) is 24.7 Å². The number of likely N-dealkylation sites (tertiary alicyclic amines) is 1. The van der Waals surface area contributed by atoms with E-state index in [1.807, 2.05) is 35.2 Å². The van der Waals surface area contributed by atoms with E-state index in [1.54, 1.807) is 0 Å². The van der Waals surface area contributed by atoms with Crippen LogP contribution >= 0.6 is 0 Å². The lowest BCUT2D eigenvalue weighted by atomic mass is 9.92. The van der Waals surface area contributed by atoms with Crippen molar-refractivity contribution < 1.29 is 13.2 Å². The van der Waals surface area contributed by atoms with Crippen LogP contribution < -0.4 is 5.73 Å². The van der Waals surface area contributed by atoms with Gasteiger partial charge < -0.3 is 5.73 Å². The van der Waals surface area contributed by atoms with E-state index in [0.29, 0.717) is 19.5 Å². The molecule has 3 N–H and O–H groups in total. The highest BCUT2D eigenvalue weighted by atomic mass is 19.4. The van der Waals surface area contributed by atoms with Crippen LogP contribution in [-0.2, 0) is 0 Å². The summed E-state index contributed by atoms with van der Waals surface area (Å²) in [5.41, 5.74) is 6.51. The molecule has 1 aromatic carbocycles. The van der Waals surface area contributed by atoms with Gasteiger partial charge in [-0.3, -0.25) is 10.3 Å². The topological polar surface area (TPSA) is 53.1 Å². The van der Waals surface area contributed by atoms with Crippen LogP contribution in [0.4, 0.5) is 13.2 Å². The van der Waals surface area contributed by atoms with Crippen LogP contribution in [-0.4, -0.2) is 30.0 Å². The maximum Gasteiger partial charge on any atom is 0.391 e. The summed E-state index contributed by atoms with van der Waals surface area (Å²) in [4.78, 5) is 2.01. The van der Waals surface area contributed by atoms with Crippen LogP contribution in [0.25, 0.3) is 0 Å². The maximum atomic E-state index is 12.7. The van der Waals surface area contributed by atoms with Gasteiger partial charge in [-0.25, -0.2) is 0 Å². The fourth-order valence-corrected chi connectivity index (χ4v) is 2.88. The molecular weight excluding hydrogens is 279 g/mol. The average molecular weight is 299 g/mol. The summed E-state index contributed by atoms with van der Waals surface area (Å²) in [6.07, 6.45) is -3.52. The fourth-order valence-electron chi connectivity index (χ4n) is 2.88. The second-order valence-corrected chi connectivity index (χ2v) is 5.51. The Morgan fingerprint density at radius 3 is 2.29 bits per heavy atom. The lowest BCUT2D eigenvalue weighted by molar-refractivity contribution is -0.186. The number of alkyl halides is 3. The number of hydrogen-bond donors (Lipinski definition) is 2. The van der Waals surface area contributed by atoms with Crippen LogP contribution in [0.2, 0.25) is 0 Å². The van der Waals surface area contributed by atoms with Gasteiger partial charge in [-0.05, 0) is 31.5 Å². The number of benzene rings is 1. The molecule has 1 aliphatic rings. The van der Waals surface area contributed by atoms with Crippen LogP contribution in [0.1, 0.15) is 30.9 Å². The molecular formula is C15H20F3N3. The lowest BCUT2D eigenvalue weighted by Crippen LogP contribution is -2.41. The molecule has 0 bridgehead atoms. The minimum atomic E-state index is -4.10. The summed E-state index contributed by atoms with van der Waals surface area (Å²) in [6, 6.07) is 9.44. The fraction of sp³-hybridized carbons (Fsp3) is 0.533. The second kappa shape index (κ2) is 6.47. The van der Waals surface area contributed by atoms with E-state index in [1.165, 1.54) is 0 Å². The van der Waals surface area contributed by atoms with Crippen molar-refractivity contribution in [2.24, 2.45) is 11.7 Å². The minimum absolute atomic E-state index is 0.0572. The van der Waals surface area contributed by atoms with Crippen LogP contribution in [0.5, 0.6) is 0 Å². The Bertz CT molecular complexity index is 465. The summed E-state index contributed by atoms with van der Waals surface area (Å²) in [7, 11) is 0. The summed E-state index contributed by atoms with van der Waals surface area (Å²) in [5, 5.41) is 7.50. The van der Waals surface area contributed by atoms with Gasteiger partial charge in [-0.15, -0.1) is 0 Å². The summed E-state index contributed by atoms with van der Waals surface area (Å²) in [6.45, 7) is 0.772. The Hall–Kier alpha value is -1.56. The Morgan fingerprint density at radius 1 is 1.24 bits per heavy atom. The third kappa shape index (κ3) is 4.20. The Labute approximate surface area is 122 Å². The minimum Gasteiger partial charge on any atom is -0.388 e. The van der Waals surface area contributed by atoms with Gasteiger partial charge in [-0.1, -0.05) is 30.3 Å². The summed E-state index contributed by atoms with van der Waals surface area (Å²) < 4.78 is 38.2. The van der Waals surface area contributed by atoms with Crippen molar-refractivity contribution in [2.45, 2.75) is 31.5 Å². The maximum absolute atomic E-state index is 12.7. The van der Waals surface area contributed by atoms with Gasteiger partial charge in [0.1, 0.15) is 0 Å². The van der Waals surface area contributed by atoms with E-state index >= 15 is 0 Å². The predicted octanol–water partition coefficient (Wildman–Crippen LogP) is 3.33. The molecule has 1 atom stereocenters. The molecule has 21 heavy (non-hydrogen) atoms. The monoisotopic (exact) mass is 299 g/mol. The molecule has 0 radical (unpaired) electrons. The van der Waals surface area contributed by atoms with Gasteiger partial charge in [0.25, 0.3) is 0 Å². The first kappa shape index (κ1) is 15.8. The first-order chi connectivity index (χ1) is 9.88. The van der Waals surface area contributed by atoms with Crippen LogP contribution in [0, 0.1) is 11.3 Å². The molecule has 0 aromatic heterocycles. The molecule has 1 aliphatic heterocycles. The largest absolute Gasteiger partial charge is 0.391 e. The number of amidine groups is 1. The zero-order valence-electron chi connectivity index (χ0n) is 11.7. The van der Waals surface area contributed by atoms with E-state index in [2.05, 4.69) is 0 Å². The number of hydrogen-bond acceptors (Lipinski definition) is 2. The molecule has 2 rings (SSSR count). The average Bonchev–Trinajstić information content (AvgIpc) is 2.45. The molecule has 0 amide bonds. The lowest BCUT2D eigenvalue weighted by Gasteiger charge is -2.38. The summed E-state index contributed by atoms with van der Waals surface area (Å²) in [5.74, 6) is -1.15. The second-order valence-electron chi connectivity index (χ2n) is 5.51. The van der Waals surface area contributed by atoms with Crippen molar-refractivity contribution in [3.05, 3.63) is 35.9 Å². The number of nitrogens with zero attached hydrogens (tertiary/aromatic N) is 1. The summed E-state index contributed by atoms with van der Waals surface area (Å²) >= 11 is 0. The molecule has 0 saturated carbocycles. The number of nitrogens with two attached hydrogens (primary N) is 1. The predicted molar refractivity (Wildman–Crippen MR) is 76.1 cm³/mol. The van der Waals surface area contributed by atoms with E-state index in [9.17, 15) is 13.2 Å². The van der Waals surface area contributed by atoms with Gasteiger partial charge in [0.2, 0.25) is 0 Å². The number of piperidine rings is 1. The molecule has 1 unspecified atom stereocenters. The third-order valence-electron chi connectivity index (χ3n) is 4.03. The number of rotatable bonds is 4. The molecule has 6 heteroatoms. The van der Waals surface area contributed by atoms with Crippen molar-refractivity contribution in [3.8, 4) is 0 Å². The zero-order valence-corrected chi connectivity index (χ0v) is 11.7. The van der Waals surface area contributed by atoms with Crippen molar-refractivity contribution in [1.29, 1.82) is 5.41 Å². The Morgan fingerprint density at radius 2 is 1.81 bits per heavy atom. The quantitative estimate of drug-likeness (QED) is 0.662. The third-order valence-corrected chi connectivity index (χ3v) is 4.03. The Kier molecular flexibility index (Phi) is 4.88. The van der Waals surface area contributed by atoms with Crippen molar-refractivity contribution >= 4 is 5.84 Å². The molecule has 1 aromatic rings. The Balaban J connectivity index is 2.08.